The highest BCUT2D eigenvalue weighted by molar-refractivity contribution is 6.03. The highest BCUT2D eigenvalue weighted by Crippen LogP contribution is 2.30. The lowest BCUT2D eigenvalue weighted by Crippen LogP contribution is -2.32. The summed E-state index contributed by atoms with van der Waals surface area (Å²) in [6.45, 7) is 3.22. The number of carbonyl (C=O) groups is 3. The number of anilines is 1. The van der Waals surface area contributed by atoms with E-state index in [2.05, 4.69) is 15.7 Å². The van der Waals surface area contributed by atoms with Crippen molar-refractivity contribution in [2.24, 2.45) is 0 Å². The maximum Gasteiger partial charge on any atom is 0.335 e. The van der Waals surface area contributed by atoms with Crippen LogP contribution in [0, 0.1) is 0 Å². The predicted octanol–water partition coefficient (Wildman–Crippen LogP) is 0.245. The summed E-state index contributed by atoms with van der Waals surface area (Å²) < 4.78 is 6.28. The Balaban J connectivity index is 2.49. The largest absolute Gasteiger partial charge is 0.464 e. The van der Waals surface area contributed by atoms with Crippen molar-refractivity contribution in [3.63, 3.8) is 0 Å². The lowest BCUT2D eigenvalue weighted by atomic mass is 10.0. The van der Waals surface area contributed by atoms with Gasteiger partial charge in [0.05, 0.1) is 12.8 Å². The van der Waals surface area contributed by atoms with Crippen molar-refractivity contribution in [3.8, 4) is 0 Å². The first-order valence-corrected chi connectivity index (χ1v) is 6.45. The number of fused-ring (bicyclic) bond motifs is 1. The number of amides is 1. The molecule has 0 radical (unpaired) electrons. The van der Waals surface area contributed by atoms with Crippen LogP contribution in [-0.4, -0.2) is 41.1 Å². The maximum atomic E-state index is 12.1. The maximum absolute atomic E-state index is 12.1. The minimum atomic E-state index is -0.989. The van der Waals surface area contributed by atoms with E-state index < -0.39 is 12.0 Å². The van der Waals surface area contributed by atoms with Crippen molar-refractivity contribution in [1.29, 1.82) is 0 Å². The van der Waals surface area contributed by atoms with Crippen molar-refractivity contribution in [2.75, 3.05) is 19.0 Å². The van der Waals surface area contributed by atoms with Gasteiger partial charge in [-0.3, -0.25) is 9.59 Å². The average Bonchev–Trinajstić information content (AvgIpc) is 2.89. The Kier molecular flexibility index (Phi) is 4.06. The second-order valence-electron chi connectivity index (χ2n) is 4.39. The van der Waals surface area contributed by atoms with Gasteiger partial charge in [-0.1, -0.05) is 0 Å². The molecule has 21 heavy (non-hydrogen) atoms. The number of carbonyl (C=O) groups excluding carboxylic acids is 3. The van der Waals surface area contributed by atoms with E-state index in [1.807, 2.05) is 0 Å². The monoisotopic (exact) mass is 292 g/mol. The number of nitrogens with zero attached hydrogens (tertiary/aromatic N) is 2. The minimum absolute atomic E-state index is 0.187. The number of ketones is 1. The zero-order chi connectivity index (χ0) is 15.6. The molecule has 0 fully saturated rings. The van der Waals surface area contributed by atoms with Gasteiger partial charge in [0, 0.05) is 18.8 Å². The quantitative estimate of drug-likeness (QED) is 0.771. The topological polar surface area (TPSA) is 102 Å². The van der Waals surface area contributed by atoms with E-state index in [4.69, 9.17) is 4.74 Å². The molecule has 8 nitrogen and oxygen atoms in total. The molecule has 1 amide bonds. The van der Waals surface area contributed by atoms with Gasteiger partial charge in [-0.25, -0.2) is 9.48 Å². The third kappa shape index (κ3) is 2.51. The van der Waals surface area contributed by atoms with Crippen molar-refractivity contribution in [1.82, 2.24) is 15.1 Å². The van der Waals surface area contributed by atoms with Gasteiger partial charge >= 0.3 is 5.97 Å². The number of hydrogen-bond donors (Lipinski definition) is 2. The summed E-state index contributed by atoms with van der Waals surface area (Å²) in [5, 5.41) is 9.36. The molecule has 0 saturated heterocycles. The summed E-state index contributed by atoms with van der Waals surface area (Å²) in [6, 6.07) is -0.989. The predicted molar refractivity (Wildman–Crippen MR) is 73.7 cm³/mol. The Bertz CT molecular complexity index is 632. The lowest BCUT2D eigenvalue weighted by molar-refractivity contribution is -0.146. The fourth-order valence-corrected chi connectivity index (χ4v) is 2.10. The summed E-state index contributed by atoms with van der Waals surface area (Å²) in [5.41, 5.74) is 0.512. The number of ether oxygens (including phenoxy) is 1. The van der Waals surface area contributed by atoms with Crippen molar-refractivity contribution in [2.45, 2.75) is 19.9 Å². The molecule has 1 aliphatic rings. The smallest absolute Gasteiger partial charge is 0.335 e. The Morgan fingerprint density at radius 1 is 1.48 bits per heavy atom. The van der Waals surface area contributed by atoms with E-state index in [0.717, 1.165) is 0 Å². The summed E-state index contributed by atoms with van der Waals surface area (Å²) in [7, 11) is 1.49. The third-order valence-electron chi connectivity index (χ3n) is 3.09. The molecule has 1 atom stereocenters. The van der Waals surface area contributed by atoms with Crippen LogP contribution in [0.3, 0.4) is 0 Å². The first-order valence-electron chi connectivity index (χ1n) is 6.45. The lowest BCUT2D eigenvalue weighted by Gasteiger charge is -2.24. The van der Waals surface area contributed by atoms with E-state index in [1.165, 1.54) is 31.1 Å². The summed E-state index contributed by atoms with van der Waals surface area (Å²) in [4.78, 5) is 35.6. The van der Waals surface area contributed by atoms with Gasteiger partial charge in [0.25, 0.3) is 5.91 Å². The summed E-state index contributed by atoms with van der Waals surface area (Å²) in [6.07, 6.45) is 2.75. The van der Waals surface area contributed by atoms with E-state index in [1.54, 1.807) is 6.92 Å². The van der Waals surface area contributed by atoms with Crippen LogP contribution < -0.4 is 10.6 Å². The fraction of sp³-hybridized carbons (Fsp3) is 0.385. The van der Waals surface area contributed by atoms with Crippen LogP contribution in [0.25, 0.3) is 0 Å². The number of nitrogens with one attached hydrogen (secondary N) is 2. The Labute approximate surface area is 121 Å². The third-order valence-corrected chi connectivity index (χ3v) is 3.09. The van der Waals surface area contributed by atoms with Crippen LogP contribution in [-0.2, 0) is 14.3 Å². The number of esters is 1. The van der Waals surface area contributed by atoms with Gasteiger partial charge in [-0.15, -0.1) is 0 Å². The van der Waals surface area contributed by atoms with Crippen LogP contribution in [0.5, 0.6) is 0 Å². The van der Waals surface area contributed by atoms with Crippen LogP contribution in [0.1, 0.15) is 30.2 Å². The van der Waals surface area contributed by atoms with Gasteiger partial charge < -0.3 is 15.4 Å². The molecule has 112 valence electrons. The van der Waals surface area contributed by atoms with Gasteiger partial charge in [0.2, 0.25) is 0 Å². The second-order valence-corrected chi connectivity index (χ2v) is 4.39. The number of aromatic nitrogens is 2. The molecular formula is C13H16N4O4. The molecule has 1 aromatic rings. The van der Waals surface area contributed by atoms with Gasteiger partial charge in [-0.2, -0.15) is 5.10 Å². The molecule has 2 heterocycles. The molecule has 0 spiro atoms. The Morgan fingerprint density at radius 3 is 2.76 bits per heavy atom. The van der Waals surface area contributed by atoms with E-state index >= 15 is 0 Å². The van der Waals surface area contributed by atoms with Crippen molar-refractivity contribution >= 4 is 23.5 Å². The average molecular weight is 292 g/mol. The van der Waals surface area contributed by atoms with Crippen LogP contribution in [0.15, 0.2) is 18.0 Å². The standard InChI is InChI=1S/C13H16N4O4/c1-4-21-13(20)10-8(7(2)18)5-15-11-9(12(19)14-3)6-16-17(10)11/h5-6,10,15H,4H2,1-3H3,(H,14,19). The second kappa shape index (κ2) is 5.78. The molecule has 0 bridgehead atoms. The van der Waals surface area contributed by atoms with Crippen molar-refractivity contribution < 1.29 is 19.1 Å². The highest BCUT2D eigenvalue weighted by atomic mass is 16.5. The first-order chi connectivity index (χ1) is 10.0. The first kappa shape index (κ1) is 14.8. The molecule has 2 rings (SSSR count). The summed E-state index contributed by atoms with van der Waals surface area (Å²) in [5.74, 6) is -0.861. The SMILES string of the molecule is CCOC(=O)C1C(C(C)=O)=CNc2c(C(=O)NC)cnn21. The minimum Gasteiger partial charge on any atom is -0.464 e. The molecule has 8 heteroatoms. The van der Waals surface area contributed by atoms with Gasteiger partial charge in [0.15, 0.2) is 11.8 Å². The van der Waals surface area contributed by atoms with Crippen LogP contribution >= 0.6 is 0 Å². The molecular weight excluding hydrogens is 276 g/mol. The van der Waals surface area contributed by atoms with Gasteiger partial charge in [0.1, 0.15) is 11.4 Å². The molecule has 2 N–H and O–H groups in total. The van der Waals surface area contributed by atoms with Crippen LogP contribution in [0.4, 0.5) is 5.82 Å². The number of Topliss-reactive ketones (excluding diaryl/α,β-unsaturated/α-hetero) is 1. The normalized spacial score (nSPS) is 16.3. The van der Waals surface area contributed by atoms with E-state index in [9.17, 15) is 14.4 Å². The molecule has 1 aromatic heterocycles. The molecule has 1 unspecified atom stereocenters. The summed E-state index contributed by atoms with van der Waals surface area (Å²) >= 11 is 0. The highest BCUT2D eigenvalue weighted by Gasteiger charge is 2.35. The molecule has 1 aliphatic heterocycles. The zero-order valence-electron chi connectivity index (χ0n) is 12.0. The molecule has 0 aliphatic carbocycles. The van der Waals surface area contributed by atoms with E-state index in [0.29, 0.717) is 5.82 Å². The van der Waals surface area contributed by atoms with Crippen molar-refractivity contribution in [3.05, 3.63) is 23.5 Å². The van der Waals surface area contributed by atoms with E-state index in [-0.39, 0.29) is 29.4 Å². The zero-order valence-corrected chi connectivity index (χ0v) is 12.0. The van der Waals surface area contributed by atoms with Gasteiger partial charge in [-0.05, 0) is 13.8 Å². The Morgan fingerprint density at radius 2 is 2.19 bits per heavy atom. The fourth-order valence-electron chi connectivity index (χ4n) is 2.10. The number of hydrogen-bond acceptors (Lipinski definition) is 6. The number of rotatable bonds is 4. The Hall–Kier alpha value is -2.64. The van der Waals surface area contributed by atoms with Crippen LogP contribution in [0.2, 0.25) is 0 Å². The molecule has 0 aromatic carbocycles. The molecule has 0 saturated carbocycles.